The average Bonchev–Trinajstić information content (AvgIpc) is 2.94. The summed E-state index contributed by atoms with van der Waals surface area (Å²) in [4.78, 5) is 0. The maximum Gasteiger partial charge on any atom is 0.101 e. The van der Waals surface area contributed by atoms with E-state index in [0.29, 0.717) is 5.92 Å². The Labute approximate surface area is 140 Å². The van der Waals surface area contributed by atoms with E-state index in [-0.39, 0.29) is 11.6 Å². The van der Waals surface area contributed by atoms with Crippen LogP contribution in [0.25, 0.3) is 0 Å². The van der Waals surface area contributed by atoms with Gasteiger partial charge in [0.2, 0.25) is 0 Å². The molecule has 1 heterocycles. The van der Waals surface area contributed by atoms with Crippen LogP contribution in [0.3, 0.4) is 0 Å². The second-order valence-corrected chi connectivity index (χ2v) is 7.10. The van der Waals surface area contributed by atoms with E-state index >= 15 is 0 Å². The van der Waals surface area contributed by atoms with Gasteiger partial charge in [-0.2, -0.15) is 0 Å². The monoisotopic (exact) mass is 316 g/mol. The Morgan fingerprint density at radius 1 is 1.35 bits per heavy atom. The Kier molecular flexibility index (Phi) is 6.17. The van der Waals surface area contributed by atoms with Crippen LogP contribution < -0.4 is 5.73 Å². The highest BCUT2D eigenvalue weighted by molar-refractivity contribution is 5.32. The Morgan fingerprint density at radius 3 is 2.74 bits per heavy atom. The fraction of sp³-hybridized carbons (Fsp3) is 0.684. The van der Waals surface area contributed by atoms with Crippen LogP contribution in [-0.2, 0) is 5.41 Å². The molecule has 2 rings (SSSR count). The fourth-order valence-electron chi connectivity index (χ4n) is 3.51. The number of rotatable bonds is 8. The van der Waals surface area contributed by atoms with Gasteiger partial charge >= 0.3 is 0 Å². The first-order valence-electron chi connectivity index (χ1n) is 9.04. The van der Waals surface area contributed by atoms with Crippen LogP contribution in [0.5, 0.6) is 0 Å². The standard InChI is InChI=1S/C19H32N4/c1-5-7-11-16(6-2)14-17(20)23-15(3)18(21-22-23)19(4)12-9-8-10-13-19/h8-10,12,16-17H,5-7,11,13-14,20H2,1-4H3. The second-order valence-electron chi connectivity index (χ2n) is 7.10. The number of hydrogen-bond acceptors (Lipinski definition) is 3. The molecule has 3 atom stereocenters. The van der Waals surface area contributed by atoms with Crippen molar-refractivity contribution in [2.75, 3.05) is 0 Å². The summed E-state index contributed by atoms with van der Waals surface area (Å²) < 4.78 is 1.93. The summed E-state index contributed by atoms with van der Waals surface area (Å²) in [6, 6.07) is 0. The highest BCUT2D eigenvalue weighted by Crippen LogP contribution is 2.33. The number of aromatic nitrogens is 3. The van der Waals surface area contributed by atoms with E-state index in [9.17, 15) is 0 Å². The molecule has 0 fully saturated rings. The van der Waals surface area contributed by atoms with E-state index in [0.717, 1.165) is 24.2 Å². The van der Waals surface area contributed by atoms with Gasteiger partial charge in [-0.25, -0.2) is 4.68 Å². The quantitative estimate of drug-likeness (QED) is 0.772. The summed E-state index contributed by atoms with van der Waals surface area (Å²) in [7, 11) is 0. The van der Waals surface area contributed by atoms with Crippen LogP contribution in [0.15, 0.2) is 24.3 Å². The number of nitrogens with two attached hydrogens (primary N) is 1. The minimum Gasteiger partial charge on any atom is -0.310 e. The smallest absolute Gasteiger partial charge is 0.101 e. The summed E-state index contributed by atoms with van der Waals surface area (Å²) in [5.41, 5.74) is 8.55. The molecule has 2 N–H and O–H groups in total. The molecule has 0 aliphatic heterocycles. The second kappa shape index (κ2) is 7.91. The van der Waals surface area contributed by atoms with Gasteiger partial charge < -0.3 is 5.73 Å². The third kappa shape index (κ3) is 4.11. The molecule has 3 unspecified atom stereocenters. The van der Waals surface area contributed by atoms with E-state index in [1.807, 2.05) is 4.68 Å². The van der Waals surface area contributed by atoms with E-state index < -0.39 is 0 Å². The summed E-state index contributed by atoms with van der Waals surface area (Å²) in [6.07, 6.45) is 15.4. The van der Waals surface area contributed by atoms with E-state index in [4.69, 9.17) is 5.73 Å². The highest BCUT2D eigenvalue weighted by atomic mass is 15.5. The van der Waals surface area contributed by atoms with Crippen molar-refractivity contribution in [3.8, 4) is 0 Å². The predicted molar refractivity (Wildman–Crippen MR) is 96.2 cm³/mol. The molecule has 0 spiro atoms. The molecule has 1 aromatic rings. The summed E-state index contributed by atoms with van der Waals surface area (Å²) in [5, 5.41) is 8.86. The molecule has 128 valence electrons. The van der Waals surface area contributed by atoms with Crippen molar-refractivity contribution in [1.29, 1.82) is 0 Å². The van der Waals surface area contributed by atoms with Gasteiger partial charge in [0.15, 0.2) is 0 Å². The van der Waals surface area contributed by atoms with Gasteiger partial charge in [-0.05, 0) is 25.7 Å². The molecule has 0 bridgehead atoms. The summed E-state index contributed by atoms with van der Waals surface area (Å²) >= 11 is 0. The van der Waals surface area contributed by atoms with Crippen LogP contribution in [0.1, 0.15) is 76.8 Å². The number of allylic oxidation sites excluding steroid dienone is 4. The predicted octanol–water partition coefficient (Wildman–Crippen LogP) is 4.42. The maximum absolute atomic E-state index is 6.46. The van der Waals surface area contributed by atoms with Crippen LogP contribution in [0, 0.1) is 12.8 Å². The van der Waals surface area contributed by atoms with E-state index in [1.54, 1.807) is 0 Å². The number of hydrogen-bond donors (Lipinski definition) is 1. The van der Waals surface area contributed by atoms with E-state index in [1.165, 1.54) is 25.7 Å². The van der Waals surface area contributed by atoms with Crippen LogP contribution in [-0.4, -0.2) is 15.0 Å². The molecule has 23 heavy (non-hydrogen) atoms. The molecule has 4 nitrogen and oxygen atoms in total. The molecule has 0 amide bonds. The molecule has 1 aliphatic carbocycles. The van der Waals surface area contributed by atoms with Gasteiger partial charge in [0.1, 0.15) is 6.17 Å². The zero-order valence-electron chi connectivity index (χ0n) is 15.1. The Balaban J connectivity index is 2.12. The Morgan fingerprint density at radius 2 is 2.13 bits per heavy atom. The molecule has 1 aromatic heterocycles. The van der Waals surface area contributed by atoms with Crippen molar-refractivity contribution in [1.82, 2.24) is 15.0 Å². The van der Waals surface area contributed by atoms with Gasteiger partial charge in [-0.15, -0.1) is 5.10 Å². The zero-order valence-corrected chi connectivity index (χ0v) is 15.1. The van der Waals surface area contributed by atoms with Crippen LogP contribution in [0.4, 0.5) is 0 Å². The molecule has 1 aliphatic rings. The molecule has 4 heteroatoms. The molecule has 0 saturated carbocycles. The Bertz CT molecular complexity index is 558. The Hall–Kier alpha value is -1.42. The third-order valence-corrected chi connectivity index (χ3v) is 5.15. The van der Waals surface area contributed by atoms with Crippen LogP contribution >= 0.6 is 0 Å². The van der Waals surface area contributed by atoms with Crippen molar-refractivity contribution >= 4 is 0 Å². The first-order chi connectivity index (χ1) is 11.0. The normalized spacial score (nSPS) is 23.2. The summed E-state index contributed by atoms with van der Waals surface area (Å²) in [6.45, 7) is 8.82. The molecular weight excluding hydrogens is 284 g/mol. The minimum atomic E-state index is -0.0789. The fourth-order valence-corrected chi connectivity index (χ4v) is 3.51. The largest absolute Gasteiger partial charge is 0.310 e. The van der Waals surface area contributed by atoms with Gasteiger partial charge in [0.25, 0.3) is 0 Å². The lowest BCUT2D eigenvalue weighted by molar-refractivity contribution is 0.316. The maximum atomic E-state index is 6.46. The molecule has 0 aromatic carbocycles. The molecule has 0 saturated heterocycles. The third-order valence-electron chi connectivity index (χ3n) is 5.15. The highest BCUT2D eigenvalue weighted by Gasteiger charge is 2.30. The van der Waals surface area contributed by atoms with Gasteiger partial charge in [0, 0.05) is 5.41 Å². The first kappa shape index (κ1) is 17.9. The zero-order chi connectivity index (χ0) is 16.9. The van der Waals surface area contributed by atoms with Crippen molar-refractivity contribution in [3.05, 3.63) is 35.7 Å². The van der Waals surface area contributed by atoms with Crippen LogP contribution in [0.2, 0.25) is 0 Å². The topological polar surface area (TPSA) is 56.7 Å². The van der Waals surface area contributed by atoms with Crippen molar-refractivity contribution in [2.45, 2.75) is 77.8 Å². The number of unbranched alkanes of at least 4 members (excludes halogenated alkanes) is 1. The summed E-state index contributed by atoms with van der Waals surface area (Å²) in [5.74, 6) is 0.671. The lowest BCUT2D eigenvalue weighted by Gasteiger charge is -2.25. The molecular formula is C19H32N4. The van der Waals surface area contributed by atoms with Crippen molar-refractivity contribution < 1.29 is 0 Å². The average molecular weight is 316 g/mol. The van der Waals surface area contributed by atoms with Crippen molar-refractivity contribution in [3.63, 3.8) is 0 Å². The van der Waals surface area contributed by atoms with E-state index in [2.05, 4.69) is 62.3 Å². The first-order valence-corrected chi connectivity index (χ1v) is 9.04. The van der Waals surface area contributed by atoms with Gasteiger partial charge in [-0.1, -0.05) is 76.0 Å². The van der Waals surface area contributed by atoms with Gasteiger partial charge in [-0.3, -0.25) is 0 Å². The van der Waals surface area contributed by atoms with Crippen molar-refractivity contribution in [2.24, 2.45) is 11.7 Å². The van der Waals surface area contributed by atoms with Gasteiger partial charge in [0.05, 0.1) is 11.4 Å². The SMILES string of the molecule is CCCCC(CC)CC(N)n1nnc(C2(C)C=CC=CC2)c1C. The minimum absolute atomic E-state index is 0.0663. The lowest BCUT2D eigenvalue weighted by Crippen LogP contribution is -2.25. The molecule has 0 radical (unpaired) electrons. The lowest BCUT2D eigenvalue weighted by atomic mass is 9.80. The number of nitrogens with zero attached hydrogens (tertiary/aromatic N) is 3.